The van der Waals surface area contributed by atoms with E-state index in [9.17, 15) is 4.79 Å². The standard InChI is InChI=1S/C22H18N6OS/c1-15-10-23-22(24-11-15)17-4-2-3-16(9-17)13-28-21(29)6-5-20(26-28)27-8-7-19-18(14-27)12-25-30-19/h2-12H,13-14H2,1H3. The third-order valence-corrected chi connectivity index (χ3v) is 5.67. The van der Waals surface area contributed by atoms with E-state index < -0.39 is 0 Å². The molecule has 3 aromatic heterocycles. The summed E-state index contributed by atoms with van der Waals surface area (Å²) in [7, 11) is 0. The Hall–Kier alpha value is -3.65. The predicted molar refractivity (Wildman–Crippen MR) is 117 cm³/mol. The van der Waals surface area contributed by atoms with Crippen molar-refractivity contribution in [3.05, 3.63) is 93.1 Å². The van der Waals surface area contributed by atoms with Crippen molar-refractivity contribution in [2.45, 2.75) is 20.0 Å². The van der Waals surface area contributed by atoms with Crippen LogP contribution in [0.25, 0.3) is 17.5 Å². The first-order valence-electron chi connectivity index (χ1n) is 9.50. The molecule has 148 valence electrons. The van der Waals surface area contributed by atoms with Crippen molar-refractivity contribution >= 4 is 23.4 Å². The summed E-state index contributed by atoms with van der Waals surface area (Å²) in [5.74, 6) is 1.39. The van der Waals surface area contributed by atoms with Gasteiger partial charge in [0.05, 0.1) is 18.0 Å². The lowest BCUT2D eigenvalue weighted by molar-refractivity contribution is 0.634. The summed E-state index contributed by atoms with van der Waals surface area (Å²) >= 11 is 1.48. The van der Waals surface area contributed by atoms with Gasteiger partial charge in [-0.15, -0.1) is 0 Å². The van der Waals surface area contributed by atoms with Gasteiger partial charge in [0.2, 0.25) is 0 Å². The molecule has 4 heterocycles. The number of hydrogen-bond acceptors (Lipinski definition) is 7. The Morgan fingerprint density at radius 2 is 1.97 bits per heavy atom. The molecule has 0 saturated carbocycles. The van der Waals surface area contributed by atoms with Gasteiger partial charge in [-0.2, -0.15) is 5.10 Å². The van der Waals surface area contributed by atoms with E-state index in [1.54, 1.807) is 24.5 Å². The van der Waals surface area contributed by atoms with Gasteiger partial charge in [-0.05, 0) is 47.8 Å². The smallest absolute Gasteiger partial charge is 0.267 e. The van der Waals surface area contributed by atoms with Gasteiger partial charge < -0.3 is 4.90 Å². The van der Waals surface area contributed by atoms with Gasteiger partial charge in [0.15, 0.2) is 11.6 Å². The summed E-state index contributed by atoms with van der Waals surface area (Å²) in [6.45, 7) is 3.02. The van der Waals surface area contributed by atoms with Crippen LogP contribution in [0, 0.1) is 6.92 Å². The summed E-state index contributed by atoms with van der Waals surface area (Å²) in [6, 6.07) is 11.2. The fraction of sp³-hybridized carbons (Fsp3) is 0.136. The number of hydrogen-bond donors (Lipinski definition) is 0. The first-order valence-corrected chi connectivity index (χ1v) is 10.3. The number of fused-ring (bicyclic) bond motifs is 1. The van der Waals surface area contributed by atoms with E-state index in [-0.39, 0.29) is 5.56 Å². The highest BCUT2D eigenvalue weighted by molar-refractivity contribution is 7.06. The van der Waals surface area contributed by atoms with Gasteiger partial charge >= 0.3 is 0 Å². The maximum atomic E-state index is 12.4. The highest BCUT2D eigenvalue weighted by atomic mass is 32.1. The molecule has 0 spiro atoms. The lowest BCUT2D eigenvalue weighted by Crippen LogP contribution is -2.27. The first kappa shape index (κ1) is 18.4. The molecule has 0 N–H and O–H groups in total. The molecule has 0 aliphatic carbocycles. The van der Waals surface area contributed by atoms with Gasteiger partial charge in [0.25, 0.3) is 5.56 Å². The molecule has 1 aromatic carbocycles. The average molecular weight is 414 g/mol. The third kappa shape index (κ3) is 3.65. The Balaban J connectivity index is 1.41. The molecule has 7 nitrogen and oxygen atoms in total. The normalized spacial score (nSPS) is 12.8. The van der Waals surface area contributed by atoms with E-state index >= 15 is 0 Å². The molecular formula is C22H18N6OS. The fourth-order valence-corrected chi connectivity index (χ4v) is 3.95. The van der Waals surface area contributed by atoms with Crippen LogP contribution in [0.1, 0.15) is 21.6 Å². The fourth-order valence-electron chi connectivity index (χ4n) is 3.30. The van der Waals surface area contributed by atoms with Gasteiger partial charge in [-0.25, -0.2) is 19.0 Å². The van der Waals surface area contributed by atoms with E-state index in [4.69, 9.17) is 0 Å². The minimum absolute atomic E-state index is 0.144. The van der Waals surface area contributed by atoms with Crippen molar-refractivity contribution in [1.82, 2.24) is 24.1 Å². The number of aryl methyl sites for hydroxylation is 1. The Kier molecular flexibility index (Phi) is 4.68. The highest BCUT2D eigenvalue weighted by Crippen LogP contribution is 2.25. The van der Waals surface area contributed by atoms with Gasteiger partial charge in [-0.3, -0.25) is 4.79 Å². The molecule has 8 heteroatoms. The second-order valence-electron chi connectivity index (χ2n) is 7.13. The monoisotopic (exact) mass is 414 g/mol. The van der Waals surface area contributed by atoms with Gasteiger partial charge in [0, 0.05) is 42.0 Å². The lowest BCUT2D eigenvalue weighted by Gasteiger charge is -2.22. The molecule has 1 aliphatic heterocycles. The molecule has 0 saturated heterocycles. The van der Waals surface area contributed by atoms with Crippen molar-refractivity contribution in [2.75, 3.05) is 4.90 Å². The molecule has 0 fully saturated rings. The second kappa shape index (κ2) is 7.64. The zero-order valence-electron chi connectivity index (χ0n) is 16.3. The van der Waals surface area contributed by atoms with E-state index in [0.29, 0.717) is 18.9 Å². The lowest BCUT2D eigenvalue weighted by atomic mass is 10.1. The molecule has 0 amide bonds. The Bertz CT molecular complexity index is 1290. The second-order valence-corrected chi connectivity index (χ2v) is 7.96. The molecule has 4 aromatic rings. The molecule has 0 bridgehead atoms. The van der Waals surface area contributed by atoms with Crippen LogP contribution in [0.4, 0.5) is 5.82 Å². The summed E-state index contributed by atoms with van der Waals surface area (Å²) in [4.78, 5) is 24.4. The molecule has 30 heavy (non-hydrogen) atoms. The van der Waals surface area contributed by atoms with E-state index in [2.05, 4.69) is 19.4 Å². The maximum absolute atomic E-state index is 12.4. The van der Waals surface area contributed by atoms with Crippen LogP contribution in [-0.4, -0.2) is 24.1 Å². The third-order valence-electron chi connectivity index (χ3n) is 4.87. The molecule has 0 atom stereocenters. The first-order chi connectivity index (χ1) is 14.7. The maximum Gasteiger partial charge on any atom is 0.267 e. The molecule has 1 aliphatic rings. The largest absolute Gasteiger partial charge is 0.327 e. The average Bonchev–Trinajstić information content (AvgIpc) is 3.24. The quantitative estimate of drug-likeness (QED) is 0.509. The number of benzene rings is 1. The zero-order valence-corrected chi connectivity index (χ0v) is 17.1. The number of aromatic nitrogens is 5. The van der Waals surface area contributed by atoms with Crippen molar-refractivity contribution < 1.29 is 0 Å². The van der Waals surface area contributed by atoms with Crippen LogP contribution in [0.2, 0.25) is 0 Å². The minimum atomic E-state index is -0.144. The van der Waals surface area contributed by atoms with Crippen LogP contribution >= 0.6 is 11.5 Å². The zero-order chi connectivity index (χ0) is 20.5. The van der Waals surface area contributed by atoms with E-state index in [0.717, 1.165) is 32.9 Å². The van der Waals surface area contributed by atoms with Gasteiger partial charge in [-0.1, -0.05) is 18.2 Å². The highest BCUT2D eigenvalue weighted by Gasteiger charge is 2.16. The molecular weight excluding hydrogens is 396 g/mol. The molecule has 0 unspecified atom stereocenters. The van der Waals surface area contributed by atoms with Gasteiger partial charge in [0.1, 0.15) is 0 Å². The van der Waals surface area contributed by atoms with Crippen LogP contribution in [-0.2, 0) is 13.1 Å². The van der Waals surface area contributed by atoms with E-state index in [1.807, 2.05) is 54.6 Å². The van der Waals surface area contributed by atoms with Crippen LogP contribution < -0.4 is 10.5 Å². The van der Waals surface area contributed by atoms with Crippen LogP contribution in [0.5, 0.6) is 0 Å². The SMILES string of the molecule is Cc1cnc(-c2cccc(Cn3nc(N4C=Cc5sncc5C4)ccc3=O)c2)nc1. The van der Waals surface area contributed by atoms with Crippen molar-refractivity contribution in [2.24, 2.45) is 0 Å². The van der Waals surface area contributed by atoms with Crippen molar-refractivity contribution in [3.8, 4) is 11.4 Å². The van der Waals surface area contributed by atoms with Crippen molar-refractivity contribution in [3.63, 3.8) is 0 Å². The summed E-state index contributed by atoms with van der Waals surface area (Å²) < 4.78 is 5.72. The number of anilines is 1. The summed E-state index contributed by atoms with van der Waals surface area (Å²) in [5, 5.41) is 4.59. The number of nitrogens with zero attached hydrogens (tertiary/aromatic N) is 6. The Morgan fingerprint density at radius 1 is 1.10 bits per heavy atom. The molecule has 0 radical (unpaired) electrons. The minimum Gasteiger partial charge on any atom is -0.327 e. The van der Waals surface area contributed by atoms with Crippen LogP contribution in [0.3, 0.4) is 0 Å². The summed E-state index contributed by atoms with van der Waals surface area (Å²) in [6.07, 6.45) is 9.48. The topological polar surface area (TPSA) is 76.8 Å². The van der Waals surface area contributed by atoms with E-state index in [1.165, 1.54) is 16.2 Å². The Labute approximate surface area is 177 Å². The predicted octanol–water partition coefficient (Wildman–Crippen LogP) is 3.50. The Morgan fingerprint density at radius 3 is 2.83 bits per heavy atom. The molecule has 5 rings (SSSR count). The van der Waals surface area contributed by atoms with Crippen molar-refractivity contribution in [1.29, 1.82) is 0 Å². The summed E-state index contributed by atoms with van der Waals surface area (Å²) in [5.41, 5.74) is 3.90. The number of rotatable bonds is 4. The van der Waals surface area contributed by atoms with Crippen LogP contribution in [0.15, 0.2) is 66.0 Å².